The summed E-state index contributed by atoms with van der Waals surface area (Å²) in [6.45, 7) is 6.58. The van der Waals surface area contributed by atoms with E-state index in [1.807, 2.05) is 51.1 Å². The number of hydrogen-bond donors (Lipinski definition) is 0. The van der Waals surface area contributed by atoms with Crippen molar-refractivity contribution in [2.24, 2.45) is 0 Å². The first kappa shape index (κ1) is 17.9. The van der Waals surface area contributed by atoms with E-state index in [9.17, 15) is 4.79 Å². The van der Waals surface area contributed by atoms with Crippen LogP contribution in [0.2, 0.25) is 0 Å². The monoisotopic (exact) mass is 353 g/mol. The molecule has 0 saturated heterocycles. The molecule has 0 aliphatic heterocycles. The highest BCUT2D eigenvalue weighted by atomic mass is 16.5. The quantitative estimate of drug-likeness (QED) is 0.631. The van der Waals surface area contributed by atoms with Gasteiger partial charge in [-0.15, -0.1) is 0 Å². The molecule has 5 heteroatoms. The fourth-order valence-electron chi connectivity index (χ4n) is 2.83. The zero-order chi connectivity index (χ0) is 18.5. The van der Waals surface area contributed by atoms with Crippen LogP contribution < -0.4 is 4.74 Å². The molecule has 0 aliphatic rings. The van der Waals surface area contributed by atoms with Gasteiger partial charge in [0.25, 0.3) is 5.91 Å². The van der Waals surface area contributed by atoms with Crippen LogP contribution in [0.3, 0.4) is 0 Å². The summed E-state index contributed by atoms with van der Waals surface area (Å²) < 4.78 is 16.7. The number of carbonyl (C=O) groups is 1. The van der Waals surface area contributed by atoms with E-state index in [1.54, 1.807) is 17.2 Å². The molecule has 0 saturated carbocycles. The van der Waals surface area contributed by atoms with E-state index in [-0.39, 0.29) is 12.5 Å². The van der Waals surface area contributed by atoms with E-state index >= 15 is 0 Å². The van der Waals surface area contributed by atoms with Crippen LogP contribution in [0.15, 0.2) is 57.6 Å². The van der Waals surface area contributed by atoms with Gasteiger partial charge in [0.2, 0.25) is 0 Å². The third kappa shape index (κ3) is 4.79. The Balaban J connectivity index is 1.69. The van der Waals surface area contributed by atoms with Crippen molar-refractivity contribution in [1.29, 1.82) is 0 Å². The highest BCUT2D eigenvalue weighted by molar-refractivity contribution is 5.77. The summed E-state index contributed by atoms with van der Waals surface area (Å²) in [4.78, 5) is 14.4. The van der Waals surface area contributed by atoms with Crippen molar-refractivity contribution in [3.63, 3.8) is 0 Å². The number of ether oxygens (including phenoxy) is 1. The lowest BCUT2D eigenvalue weighted by Gasteiger charge is -2.21. The Bertz CT molecular complexity index is 844. The SMILES string of the molecule is Cc1cc(C)cc(OCC(=O)N(Cc2ccco2)Cc2ccc(C)o2)c1. The van der Waals surface area contributed by atoms with Crippen molar-refractivity contribution in [1.82, 2.24) is 4.90 Å². The molecule has 26 heavy (non-hydrogen) atoms. The Hall–Kier alpha value is -2.95. The van der Waals surface area contributed by atoms with Gasteiger partial charge < -0.3 is 18.5 Å². The second kappa shape index (κ2) is 7.95. The summed E-state index contributed by atoms with van der Waals surface area (Å²) in [5, 5.41) is 0. The Labute approximate surface area is 153 Å². The second-order valence-electron chi connectivity index (χ2n) is 6.45. The average Bonchev–Trinajstić information content (AvgIpc) is 3.23. The molecule has 2 heterocycles. The second-order valence-corrected chi connectivity index (χ2v) is 6.45. The summed E-state index contributed by atoms with van der Waals surface area (Å²) in [6.07, 6.45) is 1.60. The predicted molar refractivity (Wildman–Crippen MR) is 97.8 cm³/mol. The molecule has 0 atom stereocenters. The maximum Gasteiger partial charge on any atom is 0.261 e. The molecule has 5 nitrogen and oxygen atoms in total. The highest BCUT2D eigenvalue weighted by Gasteiger charge is 2.18. The van der Waals surface area contributed by atoms with Crippen LogP contribution in [0.25, 0.3) is 0 Å². The molecule has 2 aromatic heterocycles. The van der Waals surface area contributed by atoms with Crippen molar-refractivity contribution in [2.75, 3.05) is 6.61 Å². The number of aryl methyl sites for hydroxylation is 3. The van der Waals surface area contributed by atoms with Crippen LogP contribution in [0, 0.1) is 20.8 Å². The van der Waals surface area contributed by atoms with Gasteiger partial charge in [-0.25, -0.2) is 0 Å². The van der Waals surface area contributed by atoms with Crippen LogP contribution in [-0.4, -0.2) is 17.4 Å². The molecule has 3 rings (SSSR count). The molecule has 0 spiro atoms. The van der Waals surface area contributed by atoms with Crippen molar-refractivity contribution < 1.29 is 18.4 Å². The summed E-state index contributed by atoms with van der Waals surface area (Å²) in [5.74, 6) is 2.83. The zero-order valence-corrected chi connectivity index (χ0v) is 15.3. The van der Waals surface area contributed by atoms with Gasteiger partial charge in [0.15, 0.2) is 6.61 Å². The molecular weight excluding hydrogens is 330 g/mol. The first-order valence-electron chi connectivity index (χ1n) is 8.56. The lowest BCUT2D eigenvalue weighted by Crippen LogP contribution is -2.33. The first-order valence-corrected chi connectivity index (χ1v) is 8.56. The molecule has 3 aromatic rings. The molecule has 136 valence electrons. The molecule has 0 unspecified atom stereocenters. The molecule has 0 radical (unpaired) electrons. The summed E-state index contributed by atoms with van der Waals surface area (Å²) in [5.41, 5.74) is 2.21. The smallest absolute Gasteiger partial charge is 0.261 e. The van der Waals surface area contributed by atoms with E-state index < -0.39 is 0 Å². The Morgan fingerprint density at radius 3 is 2.35 bits per heavy atom. The minimum atomic E-state index is -0.130. The number of furan rings is 2. The Morgan fingerprint density at radius 1 is 1.00 bits per heavy atom. The molecule has 1 aromatic carbocycles. The summed E-state index contributed by atoms with van der Waals surface area (Å²) in [7, 11) is 0. The standard InChI is InChI=1S/C21H23NO4/c1-15-9-16(2)11-20(10-15)25-14-21(23)22(12-18-5-4-8-24-18)13-19-7-6-17(3)26-19/h4-11H,12-14H2,1-3H3. The Kier molecular flexibility index (Phi) is 5.46. The van der Waals surface area contributed by atoms with Gasteiger partial charge in [-0.2, -0.15) is 0 Å². The third-order valence-electron chi connectivity index (χ3n) is 3.98. The zero-order valence-electron chi connectivity index (χ0n) is 15.3. The largest absolute Gasteiger partial charge is 0.484 e. The third-order valence-corrected chi connectivity index (χ3v) is 3.98. The van der Waals surface area contributed by atoms with E-state index in [2.05, 4.69) is 6.07 Å². The van der Waals surface area contributed by atoms with Gasteiger partial charge >= 0.3 is 0 Å². The molecular formula is C21H23NO4. The maximum atomic E-state index is 12.7. The predicted octanol–water partition coefficient (Wildman–Crippen LogP) is 4.41. The highest BCUT2D eigenvalue weighted by Crippen LogP contribution is 2.17. The van der Waals surface area contributed by atoms with E-state index in [0.29, 0.717) is 24.6 Å². The number of nitrogens with zero attached hydrogens (tertiary/aromatic N) is 1. The number of benzene rings is 1. The van der Waals surface area contributed by atoms with Crippen LogP contribution >= 0.6 is 0 Å². The fourth-order valence-corrected chi connectivity index (χ4v) is 2.83. The van der Waals surface area contributed by atoms with Crippen molar-refractivity contribution in [2.45, 2.75) is 33.9 Å². The fraction of sp³-hybridized carbons (Fsp3) is 0.286. The van der Waals surface area contributed by atoms with Crippen molar-refractivity contribution in [3.05, 3.63) is 77.1 Å². The van der Waals surface area contributed by atoms with Gasteiger partial charge in [-0.3, -0.25) is 4.79 Å². The summed E-state index contributed by atoms with van der Waals surface area (Å²) in [6, 6.07) is 13.3. The minimum Gasteiger partial charge on any atom is -0.484 e. The van der Waals surface area contributed by atoms with Crippen LogP contribution in [0.5, 0.6) is 5.75 Å². The number of hydrogen-bond acceptors (Lipinski definition) is 4. The molecule has 0 aliphatic carbocycles. The topological polar surface area (TPSA) is 55.8 Å². The minimum absolute atomic E-state index is 0.0384. The van der Waals surface area contributed by atoms with Gasteiger partial charge in [0, 0.05) is 0 Å². The van der Waals surface area contributed by atoms with E-state index in [1.165, 1.54) is 0 Å². The maximum absolute atomic E-state index is 12.7. The van der Waals surface area contributed by atoms with Gasteiger partial charge in [0.1, 0.15) is 23.0 Å². The lowest BCUT2D eigenvalue weighted by atomic mass is 10.1. The van der Waals surface area contributed by atoms with Crippen molar-refractivity contribution >= 4 is 5.91 Å². The number of carbonyl (C=O) groups excluding carboxylic acids is 1. The first-order chi connectivity index (χ1) is 12.5. The summed E-state index contributed by atoms with van der Waals surface area (Å²) >= 11 is 0. The lowest BCUT2D eigenvalue weighted by molar-refractivity contribution is -0.135. The van der Waals surface area contributed by atoms with Crippen LogP contribution in [-0.2, 0) is 17.9 Å². The van der Waals surface area contributed by atoms with E-state index in [0.717, 1.165) is 22.6 Å². The molecule has 0 fully saturated rings. The van der Waals surface area contributed by atoms with Crippen LogP contribution in [0.4, 0.5) is 0 Å². The van der Waals surface area contributed by atoms with Gasteiger partial charge in [-0.1, -0.05) is 6.07 Å². The average molecular weight is 353 g/mol. The van der Waals surface area contributed by atoms with Gasteiger partial charge in [0.05, 0.1) is 19.4 Å². The molecule has 0 N–H and O–H groups in total. The molecule has 0 bridgehead atoms. The van der Waals surface area contributed by atoms with Gasteiger partial charge in [-0.05, 0) is 68.3 Å². The van der Waals surface area contributed by atoms with Crippen molar-refractivity contribution in [3.8, 4) is 5.75 Å². The number of rotatable bonds is 7. The number of amides is 1. The van der Waals surface area contributed by atoms with E-state index in [4.69, 9.17) is 13.6 Å². The Morgan fingerprint density at radius 2 is 1.73 bits per heavy atom. The normalized spacial score (nSPS) is 10.7. The van der Waals surface area contributed by atoms with Crippen LogP contribution in [0.1, 0.15) is 28.4 Å². The molecule has 1 amide bonds.